The monoisotopic (exact) mass is 372 g/mol. The molecule has 4 rings (SSSR count). The minimum atomic E-state index is 0.859. The van der Waals surface area contributed by atoms with Gasteiger partial charge in [-0.1, -0.05) is 133 Å². The summed E-state index contributed by atoms with van der Waals surface area (Å²) in [5.74, 6) is 0. The van der Waals surface area contributed by atoms with Gasteiger partial charge in [0.15, 0.2) is 0 Å². The number of hydrogen-bond donors (Lipinski definition) is 0. The molecule has 29 heavy (non-hydrogen) atoms. The number of benzene rings is 4. The summed E-state index contributed by atoms with van der Waals surface area (Å²) in [5.41, 5.74) is 7.51. The molecule has 0 aromatic heterocycles. The average Bonchev–Trinajstić information content (AvgIpc) is 2.81. The molecule has 0 radical (unpaired) electrons. The highest BCUT2D eigenvalue weighted by Crippen LogP contribution is 2.27. The van der Waals surface area contributed by atoms with Gasteiger partial charge >= 0.3 is 0 Å². The first kappa shape index (κ1) is 18.7. The van der Waals surface area contributed by atoms with Crippen molar-refractivity contribution >= 4 is 11.1 Å². The first-order chi connectivity index (χ1) is 14.4. The highest BCUT2D eigenvalue weighted by molar-refractivity contribution is 5.82. The van der Waals surface area contributed by atoms with Crippen LogP contribution in [-0.4, -0.2) is 0 Å². The van der Waals surface area contributed by atoms with Crippen molar-refractivity contribution in [2.75, 3.05) is 0 Å². The molecule has 0 aliphatic heterocycles. The van der Waals surface area contributed by atoms with E-state index in [9.17, 15) is 0 Å². The van der Waals surface area contributed by atoms with Gasteiger partial charge in [-0.3, -0.25) is 0 Å². The molecule has 0 fully saturated rings. The molecule has 4 aromatic carbocycles. The summed E-state index contributed by atoms with van der Waals surface area (Å²) in [6, 6.07) is 42.5. The molecule has 0 amide bonds. The van der Waals surface area contributed by atoms with E-state index in [1.54, 1.807) is 0 Å². The van der Waals surface area contributed by atoms with Crippen LogP contribution in [0.25, 0.3) is 11.1 Å². The molecule has 0 bridgehead atoms. The fourth-order valence-corrected chi connectivity index (χ4v) is 3.57. The number of rotatable bonds is 6. The van der Waals surface area contributed by atoms with Gasteiger partial charge in [0.25, 0.3) is 0 Å². The maximum atomic E-state index is 2.33. The zero-order chi connectivity index (χ0) is 19.7. The Balaban J connectivity index is 1.72. The van der Waals surface area contributed by atoms with Crippen LogP contribution in [0.5, 0.6) is 0 Å². The molecule has 0 spiro atoms. The quantitative estimate of drug-likeness (QED) is 0.326. The zero-order valence-corrected chi connectivity index (χ0v) is 16.4. The Kier molecular flexibility index (Phi) is 6.14. The van der Waals surface area contributed by atoms with Gasteiger partial charge in [0.05, 0.1) is 0 Å². The Morgan fingerprint density at radius 1 is 0.379 bits per heavy atom. The molecule has 0 heterocycles. The molecule has 0 saturated carbocycles. The van der Waals surface area contributed by atoms with Crippen molar-refractivity contribution in [3.63, 3.8) is 0 Å². The van der Waals surface area contributed by atoms with Crippen LogP contribution in [-0.2, 0) is 0 Å². The van der Waals surface area contributed by atoms with Gasteiger partial charge in [-0.15, -0.1) is 0 Å². The topological polar surface area (TPSA) is 0 Å². The fourth-order valence-electron chi connectivity index (χ4n) is 3.57. The van der Waals surface area contributed by atoms with E-state index in [2.05, 4.69) is 133 Å². The third-order valence-electron chi connectivity index (χ3n) is 4.98. The third kappa shape index (κ3) is 4.80. The van der Waals surface area contributed by atoms with Crippen LogP contribution < -0.4 is 0 Å². The first-order valence-electron chi connectivity index (χ1n) is 10.0. The third-order valence-corrected chi connectivity index (χ3v) is 4.98. The van der Waals surface area contributed by atoms with E-state index in [1.165, 1.54) is 33.4 Å². The Morgan fingerprint density at radius 2 is 0.621 bits per heavy atom. The predicted molar refractivity (Wildman–Crippen MR) is 125 cm³/mol. The van der Waals surface area contributed by atoms with E-state index < -0.39 is 0 Å². The summed E-state index contributed by atoms with van der Waals surface area (Å²) < 4.78 is 0. The van der Waals surface area contributed by atoms with Gasteiger partial charge in [-0.2, -0.15) is 0 Å². The van der Waals surface area contributed by atoms with E-state index in [-0.39, 0.29) is 0 Å². The molecule has 0 nitrogen and oxygen atoms in total. The molecule has 4 aromatic rings. The molecule has 0 atom stereocenters. The van der Waals surface area contributed by atoms with Crippen LogP contribution in [0.1, 0.15) is 28.7 Å². The second-order valence-electron chi connectivity index (χ2n) is 6.94. The van der Waals surface area contributed by atoms with Crippen LogP contribution in [0.2, 0.25) is 0 Å². The largest absolute Gasteiger partial charge is 0.0722 e. The lowest BCUT2D eigenvalue weighted by molar-refractivity contribution is 1.37. The standard InChI is InChI=1S/C29H24/c1-5-14-24(15-6-1)28(25-16-7-2-8-17-25)22-13-23-29(26-18-9-3-10-19-26)27-20-11-4-12-21-27/h1-12,14-23H,13H2. The zero-order valence-electron chi connectivity index (χ0n) is 16.4. The number of allylic oxidation sites excluding steroid dienone is 2. The average molecular weight is 373 g/mol. The number of hydrogen-bond acceptors (Lipinski definition) is 0. The summed E-state index contributed by atoms with van der Waals surface area (Å²) in [7, 11) is 0. The van der Waals surface area contributed by atoms with Gasteiger partial charge in [-0.25, -0.2) is 0 Å². The lowest BCUT2D eigenvalue weighted by Crippen LogP contribution is -1.89. The molecule has 0 saturated heterocycles. The van der Waals surface area contributed by atoms with E-state index >= 15 is 0 Å². The predicted octanol–water partition coefficient (Wildman–Crippen LogP) is 7.64. The van der Waals surface area contributed by atoms with Crippen LogP contribution in [0.3, 0.4) is 0 Å². The molecular formula is C29H24. The van der Waals surface area contributed by atoms with Crippen LogP contribution >= 0.6 is 0 Å². The van der Waals surface area contributed by atoms with Crippen molar-refractivity contribution in [2.45, 2.75) is 6.42 Å². The normalized spacial score (nSPS) is 10.2. The smallest absolute Gasteiger partial charge is 0.0148 e. The van der Waals surface area contributed by atoms with E-state index in [0.717, 1.165) is 6.42 Å². The maximum Gasteiger partial charge on any atom is -0.0148 e. The first-order valence-corrected chi connectivity index (χ1v) is 10.0. The van der Waals surface area contributed by atoms with Crippen molar-refractivity contribution in [2.24, 2.45) is 0 Å². The Labute approximate surface area is 173 Å². The highest BCUT2D eigenvalue weighted by Gasteiger charge is 2.06. The van der Waals surface area contributed by atoms with Crippen molar-refractivity contribution in [1.29, 1.82) is 0 Å². The Morgan fingerprint density at radius 3 is 0.862 bits per heavy atom. The van der Waals surface area contributed by atoms with Crippen molar-refractivity contribution in [1.82, 2.24) is 0 Å². The van der Waals surface area contributed by atoms with Crippen LogP contribution in [0.4, 0.5) is 0 Å². The molecule has 0 heteroatoms. The van der Waals surface area contributed by atoms with Gasteiger partial charge in [0, 0.05) is 0 Å². The van der Waals surface area contributed by atoms with Gasteiger partial charge in [0.1, 0.15) is 0 Å². The van der Waals surface area contributed by atoms with E-state index in [4.69, 9.17) is 0 Å². The Hall–Kier alpha value is -3.64. The van der Waals surface area contributed by atoms with Gasteiger partial charge < -0.3 is 0 Å². The van der Waals surface area contributed by atoms with Crippen molar-refractivity contribution in [3.8, 4) is 0 Å². The molecule has 0 N–H and O–H groups in total. The summed E-state index contributed by atoms with van der Waals surface area (Å²) in [6.45, 7) is 0. The molecule has 140 valence electrons. The highest BCUT2D eigenvalue weighted by atomic mass is 14.1. The van der Waals surface area contributed by atoms with Gasteiger partial charge in [-0.05, 0) is 39.8 Å². The van der Waals surface area contributed by atoms with E-state index in [0.29, 0.717) is 0 Å². The molecule has 0 aliphatic carbocycles. The molecule has 0 unspecified atom stereocenters. The van der Waals surface area contributed by atoms with Crippen LogP contribution in [0, 0.1) is 0 Å². The summed E-state index contributed by atoms with van der Waals surface area (Å²) >= 11 is 0. The Bertz CT molecular complexity index is 900. The minimum Gasteiger partial charge on any atom is -0.0722 e. The van der Waals surface area contributed by atoms with E-state index in [1.807, 2.05) is 0 Å². The fraction of sp³-hybridized carbons (Fsp3) is 0.0345. The lowest BCUT2D eigenvalue weighted by atomic mass is 9.94. The second kappa shape index (κ2) is 9.52. The summed E-state index contributed by atoms with van der Waals surface area (Å²) in [4.78, 5) is 0. The second-order valence-corrected chi connectivity index (χ2v) is 6.94. The molecule has 0 aliphatic rings. The SMILES string of the molecule is C(CC=C(c1ccccc1)c1ccccc1)=C(c1ccccc1)c1ccccc1. The maximum absolute atomic E-state index is 2.33. The summed E-state index contributed by atoms with van der Waals surface area (Å²) in [6.07, 6.45) is 5.52. The summed E-state index contributed by atoms with van der Waals surface area (Å²) in [5, 5.41) is 0. The minimum absolute atomic E-state index is 0.859. The van der Waals surface area contributed by atoms with Crippen molar-refractivity contribution in [3.05, 3.63) is 156 Å². The van der Waals surface area contributed by atoms with Crippen molar-refractivity contribution < 1.29 is 0 Å². The lowest BCUT2D eigenvalue weighted by Gasteiger charge is -2.10. The van der Waals surface area contributed by atoms with Crippen LogP contribution in [0.15, 0.2) is 133 Å². The van der Waals surface area contributed by atoms with Gasteiger partial charge in [0.2, 0.25) is 0 Å². The molecular weight excluding hydrogens is 348 g/mol.